The molecular weight excluding hydrogens is 266 g/mol. The van der Waals surface area contributed by atoms with E-state index in [0.717, 1.165) is 23.5 Å². The van der Waals surface area contributed by atoms with E-state index in [1.165, 1.54) is 0 Å². The Morgan fingerprint density at radius 1 is 1.29 bits per heavy atom. The van der Waals surface area contributed by atoms with Crippen molar-refractivity contribution < 1.29 is 9.47 Å². The molecule has 5 heteroatoms. The minimum atomic E-state index is -0.222. The van der Waals surface area contributed by atoms with Crippen molar-refractivity contribution in [1.82, 2.24) is 9.78 Å². The van der Waals surface area contributed by atoms with Crippen LogP contribution in [0, 0.1) is 0 Å². The predicted octanol–water partition coefficient (Wildman–Crippen LogP) is 2.68. The van der Waals surface area contributed by atoms with Crippen molar-refractivity contribution in [2.45, 2.75) is 32.4 Å². The van der Waals surface area contributed by atoms with Gasteiger partial charge in [-0.15, -0.1) is 0 Å². The molecule has 5 nitrogen and oxygen atoms in total. The van der Waals surface area contributed by atoms with Crippen molar-refractivity contribution in [3.63, 3.8) is 0 Å². The minimum Gasteiger partial charge on any atom is -0.494 e. The molecule has 2 atom stereocenters. The lowest BCUT2D eigenvalue weighted by atomic mass is 10.0. The lowest BCUT2D eigenvalue weighted by molar-refractivity contribution is 0.170. The molecule has 2 N–H and O–H groups in total. The van der Waals surface area contributed by atoms with Gasteiger partial charge in [-0.2, -0.15) is 5.10 Å². The van der Waals surface area contributed by atoms with Gasteiger partial charge in [0.2, 0.25) is 0 Å². The summed E-state index contributed by atoms with van der Waals surface area (Å²) in [6.07, 6.45) is 4.34. The molecule has 21 heavy (non-hydrogen) atoms. The number of hydrogen-bond donors (Lipinski definition) is 1. The SMILES string of the molecule is CCOc1cccc(OC(c2cnn(C)c2)C(N)CC)c1. The fourth-order valence-corrected chi connectivity index (χ4v) is 2.15. The highest BCUT2D eigenvalue weighted by molar-refractivity contribution is 5.33. The van der Waals surface area contributed by atoms with Gasteiger partial charge in [0.1, 0.15) is 17.6 Å². The standard InChI is InChI=1S/C16H23N3O2/c1-4-15(17)16(12-10-18-19(3)11-12)21-14-8-6-7-13(9-14)20-5-2/h6-11,15-16H,4-5,17H2,1-3H3. The highest BCUT2D eigenvalue weighted by Gasteiger charge is 2.22. The van der Waals surface area contributed by atoms with Crippen LogP contribution in [-0.2, 0) is 7.05 Å². The average molecular weight is 289 g/mol. The molecular formula is C16H23N3O2. The number of benzene rings is 1. The van der Waals surface area contributed by atoms with E-state index in [9.17, 15) is 0 Å². The second kappa shape index (κ2) is 7.13. The van der Waals surface area contributed by atoms with Crippen molar-refractivity contribution >= 4 is 0 Å². The lowest BCUT2D eigenvalue weighted by Gasteiger charge is -2.23. The third-order valence-electron chi connectivity index (χ3n) is 3.29. The van der Waals surface area contributed by atoms with Gasteiger partial charge in [0.15, 0.2) is 0 Å². The van der Waals surface area contributed by atoms with Gasteiger partial charge >= 0.3 is 0 Å². The molecule has 1 aromatic heterocycles. The molecule has 2 aromatic rings. The van der Waals surface area contributed by atoms with Gasteiger partial charge in [-0.3, -0.25) is 4.68 Å². The van der Waals surface area contributed by atoms with Crippen LogP contribution in [0.25, 0.3) is 0 Å². The van der Waals surface area contributed by atoms with E-state index in [0.29, 0.717) is 6.61 Å². The van der Waals surface area contributed by atoms with Crippen LogP contribution in [0.1, 0.15) is 31.9 Å². The van der Waals surface area contributed by atoms with E-state index in [1.54, 1.807) is 10.9 Å². The second-order valence-corrected chi connectivity index (χ2v) is 4.97. The monoisotopic (exact) mass is 289 g/mol. The molecule has 0 fully saturated rings. The first-order chi connectivity index (χ1) is 10.1. The molecule has 0 spiro atoms. The normalized spacial score (nSPS) is 13.7. The molecule has 1 aromatic carbocycles. The number of nitrogens with zero attached hydrogens (tertiary/aromatic N) is 2. The van der Waals surface area contributed by atoms with Crippen LogP contribution in [0.2, 0.25) is 0 Å². The third-order valence-corrected chi connectivity index (χ3v) is 3.29. The second-order valence-electron chi connectivity index (χ2n) is 4.97. The van der Waals surface area contributed by atoms with Gasteiger partial charge in [0.05, 0.1) is 12.8 Å². The van der Waals surface area contributed by atoms with Gasteiger partial charge in [-0.25, -0.2) is 0 Å². The Balaban J connectivity index is 2.20. The van der Waals surface area contributed by atoms with Gasteiger partial charge in [0, 0.05) is 30.9 Å². The molecule has 114 valence electrons. The van der Waals surface area contributed by atoms with E-state index in [-0.39, 0.29) is 12.1 Å². The summed E-state index contributed by atoms with van der Waals surface area (Å²) in [4.78, 5) is 0. The quantitative estimate of drug-likeness (QED) is 0.851. The van der Waals surface area contributed by atoms with Gasteiger partial charge in [-0.1, -0.05) is 13.0 Å². The van der Waals surface area contributed by atoms with Crippen molar-refractivity contribution in [2.24, 2.45) is 12.8 Å². The Morgan fingerprint density at radius 3 is 2.67 bits per heavy atom. The summed E-state index contributed by atoms with van der Waals surface area (Å²) in [6, 6.07) is 7.53. The van der Waals surface area contributed by atoms with Gasteiger partial charge in [-0.05, 0) is 25.5 Å². The summed E-state index contributed by atoms with van der Waals surface area (Å²) < 4.78 is 13.3. The highest BCUT2D eigenvalue weighted by atomic mass is 16.5. The van der Waals surface area contributed by atoms with Crippen LogP contribution in [0.15, 0.2) is 36.7 Å². The fraction of sp³-hybridized carbons (Fsp3) is 0.438. The summed E-state index contributed by atoms with van der Waals surface area (Å²) in [5.74, 6) is 1.55. The van der Waals surface area contributed by atoms with Gasteiger partial charge < -0.3 is 15.2 Å². The molecule has 1 heterocycles. The Labute approximate surface area is 125 Å². The molecule has 0 saturated heterocycles. The largest absolute Gasteiger partial charge is 0.494 e. The van der Waals surface area contributed by atoms with E-state index in [2.05, 4.69) is 5.10 Å². The number of aromatic nitrogens is 2. The Kier molecular flexibility index (Phi) is 5.22. The number of ether oxygens (including phenoxy) is 2. The molecule has 0 bridgehead atoms. The Bertz CT molecular complexity index is 568. The number of nitrogens with two attached hydrogens (primary N) is 1. The first-order valence-electron chi connectivity index (χ1n) is 7.27. The van der Waals surface area contributed by atoms with Crippen molar-refractivity contribution in [2.75, 3.05) is 6.61 Å². The lowest BCUT2D eigenvalue weighted by Crippen LogP contribution is -2.31. The molecule has 0 aliphatic carbocycles. The number of rotatable bonds is 7. The summed E-state index contributed by atoms with van der Waals surface area (Å²) in [5, 5.41) is 4.20. The van der Waals surface area contributed by atoms with Gasteiger partial charge in [0.25, 0.3) is 0 Å². The molecule has 2 unspecified atom stereocenters. The molecule has 0 aliphatic heterocycles. The molecule has 0 amide bonds. The molecule has 0 radical (unpaired) electrons. The van der Waals surface area contributed by atoms with Crippen molar-refractivity contribution in [1.29, 1.82) is 0 Å². The highest BCUT2D eigenvalue weighted by Crippen LogP contribution is 2.27. The summed E-state index contributed by atoms with van der Waals surface area (Å²) in [5.41, 5.74) is 7.19. The smallest absolute Gasteiger partial charge is 0.142 e. The van der Waals surface area contributed by atoms with E-state index < -0.39 is 0 Å². The summed E-state index contributed by atoms with van der Waals surface area (Å²) in [7, 11) is 1.88. The fourth-order valence-electron chi connectivity index (χ4n) is 2.15. The zero-order valence-electron chi connectivity index (χ0n) is 12.8. The number of hydrogen-bond acceptors (Lipinski definition) is 4. The first-order valence-corrected chi connectivity index (χ1v) is 7.27. The van der Waals surface area contributed by atoms with E-state index >= 15 is 0 Å². The number of aryl methyl sites for hydroxylation is 1. The zero-order chi connectivity index (χ0) is 15.2. The van der Waals surface area contributed by atoms with Crippen LogP contribution in [0.5, 0.6) is 11.5 Å². The third kappa shape index (κ3) is 3.98. The van der Waals surface area contributed by atoms with Crippen LogP contribution >= 0.6 is 0 Å². The molecule has 0 aliphatic rings. The van der Waals surface area contributed by atoms with E-state index in [1.807, 2.05) is 51.4 Å². The summed E-state index contributed by atoms with van der Waals surface area (Å²) in [6.45, 7) is 4.64. The van der Waals surface area contributed by atoms with Crippen molar-refractivity contribution in [3.05, 3.63) is 42.2 Å². The maximum atomic E-state index is 6.21. The van der Waals surface area contributed by atoms with Crippen LogP contribution < -0.4 is 15.2 Å². The molecule has 0 saturated carbocycles. The zero-order valence-corrected chi connectivity index (χ0v) is 12.8. The van der Waals surface area contributed by atoms with E-state index in [4.69, 9.17) is 15.2 Å². The Hall–Kier alpha value is -2.01. The molecule has 2 rings (SSSR count). The minimum absolute atomic E-state index is 0.0926. The first kappa shape index (κ1) is 15.4. The maximum Gasteiger partial charge on any atom is 0.142 e. The van der Waals surface area contributed by atoms with Crippen LogP contribution in [-0.4, -0.2) is 22.4 Å². The average Bonchev–Trinajstić information content (AvgIpc) is 2.91. The van der Waals surface area contributed by atoms with Crippen molar-refractivity contribution in [3.8, 4) is 11.5 Å². The Morgan fingerprint density at radius 2 is 2.05 bits per heavy atom. The van der Waals surface area contributed by atoms with Crippen LogP contribution in [0.4, 0.5) is 0 Å². The predicted molar refractivity (Wildman–Crippen MR) is 82.5 cm³/mol. The summed E-state index contributed by atoms with van der Waals surface area (Å²) >= 11 is 0. The topological polar surface area (TPSA) is 62.3 Å². The van der Waals surface area contributed by atoms with Crippen LogP contribution in [0.3, 0.4) is 0 Å². The maximum absolute atomic E-state index is 6.21.